The van der Waals surface area contributed by atoms with Crippen molar-refractivity contribution in [2.75, 3.05) is 6.26 Å². The number of nitrogens with one attached hydrogen (secondary N) is 1. The van der Waals surface area contributed by atoms with E-state index in [1.54, 1.807) is 6.07 Å². The molecule has 4 nitrogen and oxygen atoms in total. The van der Waals surface area contributed by atoms with Crippen molar-refractivity contribution in [2.24, 2.45) is 0 Å². The molecule has 1 aromatic heterocycles. The lowest BCUT2D eigenvalue weighted by Crippen LogP contribution is -2.14. The zero-order valence-electron chi connectivity index (χ0n) is 8.37. The van der Waals surface area contributed by atoms with Crippen molar-refractivity contribution >= 4 is 9.84 Å². The van der Waals surface area contributed by atoms with Gasteiger partial charge in [-0.1, -0.05) is 19.9 Å². The Labute approximate surface area is 82.9 Å². The second-order valence-corrected chi connectivity index (χ2v) is 5.49. The Balaban J connectivity index is 3.54. The van der Waals surface area contributed by atoms with Crippen molar-refractivity contribution in [1.82, 2.24) is 4.98 Å². The minimum absolute atomic E-state index is 0.0278. The molecule has 0 amide bonds. The first kappa shape index (κ1) is 11.0. The predicted molar refractivity (Wildman–Crippen MR) is 54.3 cm³/mol. The molecule has 0 radical (unpaired) electrons. The van der Waals surface area contributed by atoms with Crippen LogP contribution in [-0.2, 0) is 9.84 Å². The zero-order valence-corrected chi connectivity index (χ0v) is 9.18. The molecule has 78 valence electrons. The molecule has 1 N–H and O–H groups in total. The number of H-pyrrole nitrogens is 1. The Morgan fingerprint density at radius 3 is 2.29 bits per heavy atom. The highest BCUT2D eigenvalue weighted by atomic mass is 32.2. The molecule has 0 aliphatic carbocycles. The Bertz CT molecular complexity index is 485. The molecule has 0 fully saturated rings. The maximum absolute atomic E-state index is 11.3. The molecule has 0 spiro atoms. The SMILES string of the molecule is CC(C)c1ccc(=O)[nH]c1S(C)(=O)=O. The highest BCUT2D eigenvalue weighted by molar-refractivity contribution is 7.90. The summed E-state index contributed by atoms with van der Waals surface area (Å²) in [6.07, 6.45) is 1.09. The summed E-state index contributed by atoms with van der Waals surface area (Å²) < 4.78 is 22.7. The van der Waals surface area contributed by atoms with Gasteiger partial charge < -0.3 is 4.98 Å². The smallest absolute Gasteiger partial charge is 0.248 e. The van der Waals surface area contributed by atoms with Gasteiger partial charge in [-0.2, -0.15) is 0 Å². The summed E-state index contributed by atoms with van der Waals surface area (Å²) in [4.78, 5) is 13.3. The lowest BCUT2D eigenvalue weighted by atomic mass is 10.1. The maximum Gasteiger partial charge on any atom is 0.248 e. The summed E-state index contributed by atoms with van der Waals surface area (Å²) in [6.45, 7) is 3.75. The van der Waals surface area contributed by atoms with E-state index in [2.05, 4.69) is 4.98 Å². The molecule has 5 heteroatoms. The molecule has 0 saturated carbocycles. The van der Waals surface area contributed by atoms with Gasteiger partial charge in [0.2, 0.25) is 5.56 Å². The van der Waals surface area contributed by atoms with Gasteiger partial charge in [0.05, 0.1) is 0 Å². The average molecular weight is 215 g/mol. The fraction of sp³-hybridized carbons (Fsp3) is 0.444. The van der Waals surface area contributed by atoms with Gasteiger partial charge >= 0.3 is 0 Å². The minimum atomic E-state index is -3.36. The topological polar surface area (TPSA) is 67.0 Å². The zero-order chi connectivity index (χ0) is 10.9. The summed E-state index contributed by atoms with van der Waals surface area (Å²) in [5.41, 5.74) is 0.252. The first-order chi connectivity index (χ1) is 6.32. The number of hydrogen-bond acceptors (Lipinski definition) is 3. The Hall–Kier alpha value is -1.10. The molecular formula is C9H13NO3S. The third-order valence-electron chi connectivity index (χ3n) is 1.91. The summed E-state index contributed by atoms with van der Waals surface area (Å²) in [6, 6.07) is 2.89. The van der Waals surface area contributed by atoms with Gasteiger partial charge in [0, 0.05) is 12.3 Å². The van der Waals surface area contributed by atoms with Crippen LogP contribution in [0.15, 0.2) is 22.0 Å². The van der Waals surface area contributed by atoms with Crippen molar-refractivity contribution in [2.45, 2.75) is 24.8 Å². The molecule has 1 aromatic rings. The van der Waals surface area contributed by atoms with Gasteiger partial charge in [0.1, 0.15) is 5.03 Å². The molecule has 0 bridgehead atoms. The van der Waals surface area contributed by atoms with Gasteiger partial charge in [-0.15, -0.1) is 0 Å². The largest absolute Gasteiger partial charge is 0.313 e. The van der Waals surface area contributed by atoms with Crippen molar-refractivity contribution in [3.63, 3.8) is 0 Å². The summed E-state index contributed by atoms with van der Waals surface area (Å²) >= 11 is 0. The molecule has 0 atom stereocenters. The van der Waals surface area contributed by atoms with Crippen LogP contribution in [0.4, 0.5) is 0 Å². The Morgan fingerprint density at radius 1 is 1.29 bits per heavy atom. The molecule has 0 aliphatic heterocycles. The van der Waals surface area contributed by atoms with Crippen molar-refractivity contribution in [3.05, 3.63) is 28.0 Å². The number of aromatic amines is 1. The van der Waals surface area contributed by atoms with Gasteiger partial charge in [-0.3, -0.25) is 4.79 Å². The van der Waals surface area contributed by atoms with Crippen LogP contribution in [-0.4, -0.2) is 19.7 Å². The van der Waals surface area contributed by atoms with E-state index in [1.807, 2.05) is 13.8 Å². The van der Waals surface area contributed by atoms with Gasteiger partial charge in [0.15, 0.2) is 9.84 Å². The first-order valence-electron chi connectivity index (χ1n) is 4.25. The van der Waals surface area contributed by atoms with Crippen LogP contribution >= 0.6 is 0 Å². The molecule has 0 unspecified atom stereocenters. The van der Waals surface area contributed by atoms with Gasteiger partial charge in [-0.05, 0) is 11.5 Å². The number of rotatable bonds is 2. The van der Waals surface area contributed by atoms with Gasteiger partial charge in [0.25, 0.3) is 0 Å². The molecule has 0 saturated heterocycles. The molecule has 0 aliphatic rings. The first-order valence-corrected chi connectivity index (χ1v) is 6.15. The van der Waals surface area contributed by atoms with Crippen molar-refractivity contribution in [1.29, 1.82) is 0 Å². The van der Waals surface area contributed by atoms with Crippen LogP contribution < -0.4 is 5.56 Å². The van der Waals surface area contributed by atoms with Gasteiger partial charge in [-0.25, -0.2) is 8.42 Å². The second-order valence-electron chi connectivity index (χ2n) is 3.53. The van der Waals surface area contributed by atoms with E-state index in [0.29, 0.717) is 5.56 Å². The molecule has 1 rings (SSSR count). The van der Waals surface area contributed by atoms with Crippen LogP contribution in [0.3, 0.4) is 0 Å². The number of hydrogen-bond donors (Lipinski definition) is 1. The lowest BCUT2D eigenvalue weighted by Gasteiger charge is -2.09. The van der Waals surface area contributed by atoms with Crippen LogP contribution in [0.2, 0.25) is 0 Å². The number of pyridine rings is 1. The monoisotopic (exact) mass is 215 g/mol. The van der Waals surface area contributed by atoms with E-state index in [1.165, 1.54) is 6.07 Å². The summed E-state index contributed by atoms with van der Waals surface area (Å²) in [7, 11) is -3.36. The number of aromatic nitrogens is 1. The quantitative estimate of drug-likeness (QED) is 0.797. The lowest BCUT2D eigenvalue weighted by molar-refractivity contribution is 0.594. The van der Waals surface area contributed by atoms with Crippen LogP contribution in [0.5, 0.6) is 0 Å². The van der Waals surface area contributed by atoms with E-state index in [-0.39, 0.29) is 10.9 Å². The molecule has 14 heavy (non-hydrogen) atoms. The van der Waals surface area contributed by atoms with Crippen LogP contribution in [0.1, 0.15) is 25.3 Å². The Morgan fingerprint density at radius 2 is 1.86 bits per heavy atom. The summed E-state index contributed by atoms with van der Waals surface area (Å²) in [5.74, 6) is 0.0663. The Kier molecular flexibility index (Phi) is 2.80. The summed E-state index contributed by atoms with van der Waals surface area (Å²) in [5, 5.41) is 0.0278. The maximum atomic E-state index is 11.3. The number of sulfone groups is 1. The average Bonchev–Trinajstić information content (AvgIpc) is 2.01. The molecular weight excluding hydrogens is 202 g/mol. The third-order valence-corrected chi connectivity index (χ3v) is 2.99. The minimum Gasteiger partial charge on any atom is -0.313 e. The van der Waals surface area contributed by atoms with E-state index in [9.17, 15) is 13.2 Å². The van der Waals surface area contributed by atoms with Crippen LogP contribution in [0, 0.1) is 0 Å². The van der Waals surface area contributed by atoms with E-state index < -0.39 is 15.4 Å². The van der Waals surface area contributed by atoms with Crippen molar-refractivity contribution < 1.29 is 8.42 Å². The highest BCUT2D eigenvalue weighted by Crippen LogP contribution is 2.19. The normalized spacial score (nSPS) is 12.0. The predicted octanol–water partition coefficient (Wildman–Crippen LogP) is 0.902. The van der Waals surface area contributed by atoms with E-state index >= 15 is 0 Å². The van der Waals surface area contributed by atoms with E-state index in [4.69, 9.17) is 0 Å². The van der Waals surface area contributed by atoms with E-state index in [0.717, 1.165) is 6.26 Å². The fourth-order valence-electron chi connectivity index (χ4n) is 1.23. The molecule has 1 heterocycles. The fourth-order valence-corrected chi connectivity index (χ4v) is 2.25. The van der Waals surface area contributed by atoms with Crippen molar-refractivity contribution in [3.8, 4) is 0 Å². The molecule has 0 aromatic carbocycles. The van der Waals surface area contributed by atoms with Crippen LogP contribution in [0.25, 0.3) is 0 Å². The standard InChI is InChI=1S/C9H13NO3S/c1-6(2)7-4-5-8(11)10-9(7)14(3,12)13/h4-6H,1-3H3,(H,10,11). The second kappa shape index (κ2) is 3.57. The highest BCUT2D eigenvalue weighted by Gasteiger charge is 2.16. The third kappa shape index (κ3) is 2.23.